The Morgan fingerprint density at radius 2 is 1.67 bits per heavy atom. The molecular formula is C20H21NO3. The van der Waals surface area contributed by atoms with E-state index in [1.165, 1.54) is 24.1 Å². The highest BCUT2D eigenvalue weighted by Crippen LogP contribution is 2.43. The molecule has 2 aromatic carbocycles. The fourth-order valence-corrected chi connectivity index (χ4v) is 3.24. The standard InChI is InChI=1S/C20H21NO3/c22-18(13-15-7-9-16(10-8-15)19(23)24)21-14-20(11-4-12-20)17-5-2-1-3-6-17/h1-3,5-10H,4,11-14H2,(H,21,22)(H,23,24). The summed E-state index contributed by atoms with van der Waals surface area (Å²) in [5.74, 6) is -0.985. The number of nitrogens with one attached hydrogen (secondary N) is 1. The van der Waals surface area contributed by atoms with Crippen molar-refractivity contribution in [2.75, 3.05) is 6.54 Å². The molecule has 0 saturated heterocycles. The van der Waals surface area contributed by atoms with Gasteiger partial charge in [-0.15, -0.1) is 0 Å². The second-order valence-corrected chi connectivity index (χ2v) is 6.46. The van der Waals surface area contributed by atoms with E-state index in [0.29, 0.717) is 6.54 Å². The first-order valence-corrected chi connectivity index (χ1v) is 8.24. The summed E-state index contributed by atoms with van der Waals surface area (Å²) in [6, 6.07) is 16.8. The molecule has 3 rings (SSSR count). The van der Waals surface area contributed by atoms with Crippen molar-refractivity contribution < 1.29 is 14.7 Å². The van der Waals surface area contributed by atoms with Gasteiger partial charge in [0, 0.05) is 12.0 Å². The van der Waals surface area contributed by atoms with Crippen LogP contribution in [0, 0.1) is 0 Å². The van der Waals surface area contributed by atoms with Crippen molar-refractivity contribution in [1.82, 2.24) is 5.32 Å². The molecule has 1 aliphatic rings. The molecule has 0 heterocycles. The fourth-order valence-electron chi connectivity index (χ4n) is 3.24. The Labute approximate surface area is 141 Å². The van der Waals surface area contributed by atoms with Crippen molar-refractivity contribution in [3.05, 3.63) is 71.3 Å². The minimum Gasteiger partial charge on any atom is -0.478 e. The van der Waals surface area contributed by atoms with Gasteiger partial charge in [-0.05, 0) is 36.1 Å². The highest BCUT2D eigenvalue weighted by Gasteiger charge is 2.38. The van der Waals surface area contributed by atoms with E-state index in [2.05, 4.69) is 17.4 Å². The maximum atomic E-state index is 12.2. The van der Waals surface area contributed by atoms with Gasteiger partial charge in [0.25, 0.3) is 0 Å². The lowest BCUT2D eigenvalue weighted by Crippen LogP contribution is -2.45. The van der Waals surface area contributed by atoms with Gasteiger partial charge in [-0.3, -0.25) is 4.79 Å². The van der Waals surface area contributed by atoms with E-state index in [1.54, 1.807) is 12.1 Å². The molecule has 0 radical (unpaired) electrons. The van der Waals surface area contributed by atoms with Gasteiger partial charge >= 0.3 is 5.97 Å². The van der Waals surface area contributed by atoms with Gasteiger partial charge in [0.2, 0.25) is 5.91 Å². The predicted octanol–water partition coefficient (Wildman–Crippen LogP) is 3.17. The average Bonchev–Trinajstić information content (AvgIpc) is 2.55. The van der Waals surface area contributed by atoms with E-state index < -0.39 is 5.97 Å². The Balaban J connectivity index is 1.58. The molecule has 1 fully saturated rings. The number of carbonyl (C=O) groups is 2. The summed E-state index contributed by atoms with van der Waals surface area (Å²) in [4.78, 5) is 23.1. The zero-order valence-electron chi connectivity index (χ0n) is 13.5. The number of benzene rings is 2. The van der Waals surface area contributed by atoms with Gasteiger partial charge in [0.15, 0.2) is 0 Å². The molecule has 24 heavy (non-hydrogen) atoms. The molecule has 0 spiro atoms. The smallest absolute Gasteiger partial charge is 0.335 e. The average molecular weight is 323 g/mol. The number of hydrogen-bond donors (Lipinski definition) is 2. The molecular weight excluding hydrogens is 302 g/mol. The van der Waals surface area contributed by atoms with Gasteiger partial charge in [0.05, 0.1) is 12.0 Å². The van der Waals surface area contributed by atoms with Crippen molar-refractivity contribution in [1.29, 1.82) is 0 Å². The number of carboxylic acid groups (broad SMARTS) is 1. The van der Waals surface area contributed by atoms with Crippen molar-refractivity contribution in [2.45, 2.75) is 31.1 Å². The van der Waals surface area contributed by atoms with Crippen LogP contribution in [0.5, 0.6) is 0 Å². The summed E-state index contributed by atoms with van der Waals surface area (Å²) in [5, 5.41) is 11.9. The minimum atomic E-state index is -0.958. The van der Waals surface area contributed by atoms with Crippen LogP contribution in [0.1, 0.15) is 40.7 Å². The predicted molar refractivity (Wildman–Crippen MR) is 92.1 cm³/mol. The monoisotopic (exact) mass is 323 g/mol. The first-order chi connectivity index (χ1) is 11.6. The third-order valence-electron chi connectivity index (χ3n) is 4.89. The molecule has 2 aromatic rings. The number of carbonyl (C=O) groups excluding carboxylic acids is 1. The second kappa shape index (κ2) is 6.87. The molecule has 1 aliphatic carbocycles. The maximum Gasteiger partial charge on any atom is 0.335 e. The first kappa shape index (κ1) is 16.2. The van der Waals surface area contributed by atoms with Crippen molar-refractivity contribution >= 4 is 11.9 Å². The Bertz CT molecular complexity index is 718. The highest BCUT2D eigenvalue weighted by molar-refractivity contribution is 5.87. The largest absolute Gasteiger partial charge is 0.478 e. The summed E-state index contributed by atoms with van der Waals surface area (Å²) >= 11 is 0. The molecule has 0 unspecified atom stereocenters. The Kier molecular flexibility index (Phi) is 4.65. The first-order valence-electron chi connectivity index (χ1n) is 8.24. The van der Waals surface area contributed by atoms with Crippen LogP contribution >= 0.6 is 0 Å². The van der Waals surface area contributed by atoms with Crippen molar-refractivity contribution in [3.63, 3.8) is 0 Å². The Morgan fingerprint density at radius 3 is 2.21 bits per heavy atom. The zero-order valence-corrected chi connectivity index (χ0v) is 13.5. The van der Waals surface area contributed by atoms with E-state index in [-0.39, 0.29) is 23.3 Å². The number of amides is 1. The van der Waals surface area contributed by atoms with Crippen LogP contribution in [-0.2, 0) is 16.6 Å². The number of rotatable bonds is 6. The van der Waals surface area contributed by atoms with E-state index in [1.807, 2.05) is 18.2 Å². The van der Waals surface area contributed by atoms with Crippen LogP contribution in [0.3, 0.4) is 0 Å². The van der Waals surface area contributed by atoms with E-state index in [4.69, 9.17) is 5.11 Å². The summed E-state index contributed by atoms with van der Waals surface area (Å²) in [6.07, 6.45) is 3.67. The van der Waals surface area contributed by atoms with Crippen LogP contribution in [0.4, 0.5) is 0 Å². The van der Waals surface area contributed by atoms with Crippen molar-refractivity contribution in [3.8, 4) is 0 Å². The number of hydrogen-bond acceptors (Lipinski definition) is 2. The fraction of sp³-hybridized carbons (Fsp3) is 0.300. The quantitative estimate of drug-likeness (QED) is 0.858. The van der Waals surface area contributed by atoms with Gasteiger partial charge in [-0.25, -0.2) is 4.79 Å². The molecule has 4 heteroatoms. The van der Waals surface area contributed by atoms with Crippen LogP contribution in [0.2, 0.25) is 0 Å². The summed E-state index contributed by atoms with van der Waals surface area (Å²) in [5.41, 5.74) is 2.42. The van der Waals surface area contributed by atoms with E-state index >= 15 is 0 Å². The molecule has 0 atom stereocenters. The van der Waals surface area contributed by atoms with Gasteiger partial charge < -0.3 is 10.4 Å². The lowest BCUT2D eigenvalue weighted by atomic mass is 9.64. The highest BCUT2D eigenvalue weighted by atomic mass is 16.4. The van der Waals surface area contributed by atoms with Gasteiger partial charge in [-0.1, -0.05) is 48.9 Å². The molecule has 1 saturated carbocycles. The minimum absolute atomic E-state index is 0.0275. The van der Waals surface area contributed by atoms with Crippen LogP contribution in [0.25, 0.3) is 0 Å². The zero-order chi connectivity index (χ0) is 17.0. The topological polar surface area (TPSA) is 66.4 Å². The molecule has 0 aliphatic heterocycles. The summed E-state index contributed by atoms with van der Waals surface area (Å²) in [7, 11) is 0. The van der Waals surface area contributed by atoms with E-state index in [0.717, 1.165) is 18.4 Å². The molecule has 0 bridgehead atoms. The van der Waals surface area contributed by atoms with Crippen LogP contribution in [-0.4, -0.2) is 23.5 Å². The lowest BCUT2D eigenvalue weighted by molar-refractivity contribution is -0.120. The Morgan fingerprint density at radius 1 is 1.00 bits per heavy atom. The molecule has 1 amide bonds. The molecule has 0 aromatic heterocycles. The second-order valence-electron chi connectivity index (χ2n) is 6.46. The molecule has 124 valence electrons. The van der Waals surface area contributed by atoms with Crippen LogP contribution < -0.4 is 5.32 Å². The lowest BCUT2D eigenvalue weighted by Gasteiger charge is -2.42. The van der Waals surface area contributed by atoms with Gasteiger partial charge in [0.1, 0.15) is 0 Å². The number of aromatic carboxylic acids is 1. The van der Waals surface area contributed by atoms with E-state index in [9.17, 15) is 9.59 Å². The molecule has 2 N–H and O–H groups in total. The number of carboxylic acids is 1. The van der Waals surface area contributed by atoms with Crippen molar-refractivity contribution in [2.24, 2.45) is 0 Å². The molecule has 4 nitrogen and oxygen atoms in total. The van der Waals surface area contributed by atoms with Crippen LogP contribution in [0.15, 0.2) is 54.6 Å². The third-order valence-corrected chi connectivity index (χ3v) is 4.89. The normalized spacial score (nSPS) is 15.3. The SMILES string of the molecule is O=C(Cc1ccc(C(=O)O)cc1)NCC1(c2ccccc2)CCC1. The third kappa shape index (κ3) is 3.48. The van der Waals surface area contributed by atoms with Gasteiger partial charge in [-0.2, -0.15) is 0 Å². The maximum absolute atomic E-state index is 12.2. The summed E-state index contributed by atoms with van der Waals surface area (Å²) in [6.45, 7) is 0.656. The Hall–Kier alpha value is -2.62. The summed E-state index contributed by atoms with van der Waals surface area (Å²) < 4.78 is 0.